The number of carbonyl (C=O) groups excluding carboxylic acids is 2. The average Bonchev–Trinajstić information content (AvgIpc) is 2.88. The number of nitrogens with zero attached hydrogens (tertiary/aromatic N) is 1. The van der Waals surface area contributed by atoms with Crippen LogP contribution in [0.5, 0.6) is 11.5 Å². The second-order valence-electron chi connectivity index (χ2n) is 7.94. The predicted octanol–water partition coefficient (Wildman–Crippen LogP) is 5.64. The molecule has 14 heteroatoms. The maximum atomic E-state index is 13.3. The lowest BCUT2D eigenvalue weighted by Crippen LogP contribution is -2.17. The molecule has 0 saturated carbocycles. The first-order valence-electron chi connectivity index (χ1n) is 11.0. The number of nitrogens with one attached hydrogen (secondary N) is 2. The molecule has 40 heavy (non-hydrogen) atoms. The number of carbonyl (C=O) groups is 2. The summed E-state index contributed by atoms with van der Waals surface area (Å²) in [6, 6.07) is 13.4. The van der Waals surface area contributed by atoms with E-state index in [1.807, 2.05) is 0 Å². The van der Waals surface area contributed by atoms with Gasteiger partial charge in [0, 0.05) is 12.6 Å². The Hall–Kier alpha value is -4.54. The minimum Gasteiger partial charge on any atom is -0.493 e. The number of hydrogen-bond acceptors (Lipinski definition) is 7. The van der Waals surface area contributed by atoms with Gasteiger partial charge in [-0.1, -0.05) is 23.7 Å². The first kappa shape index (κ1) is 30.0. The fourth-order valence-electron chi connectivity index (χ4n) is 3.31. The third-order valence-corrected chi connectivity index (χ3v) is 6.58. The Balaban J connectivity index is 1.90. The molecule has 0 radical (unpaired) electrons. The van der Waals surface area contributed by atoms with Crippen molar-refractivity contribution in [3.05, 3.63) is 82.4 Å². The van der Waals surface area contributed by atoms with Crippen molar-refractivity contribution in [1.29, 1.82) is 5.26 Å². The molecular formula is C26H19ClF3N3O6S. The van der Waals surface area contributed by atoms with Crippen LogP contribution in [0.4, 0.5) is 24.5 Å². The van der Waals surface area contributed by atoms with Crippen LogP contribution < -0.4 is 19.6 Å². The van der Waals surface area contributed by atoms with Gasteiger partial charge in [-0.05, 0) is 60.2 Å². The minimum atomic E-state index is -4.75. The molecule has 0 unspecified atom stereocenters. The van der Waals surface area contributed by atoms with E-state index < -0.39 is 44.8 Å². The van der Waals surface area contributed by atoms with Crippen LogP contribution in [0.25, 0.3) is 6.08 Å². The number of nitriles is 1. The van der Waals surface area contributed by atoms with Crippen molar-refractivity contribution < 1.29 is 40.1 Å². The Morgan fingerprint density at radius 2 is 1.70 bits per heavy atom. The van der Waals surface area contributed by atoms with Crippen LogP contribution in [0.1, 0.15) is 18.1 Å². The van der Waals surface area contributed by atoms with Crippen LogP contribution in [0.15, 0.2) is 71.1 Å². The lowest BCUT2D eigenvalue weighted by molar-refractivity contribution is -0.137. The molecule has 9 nitrogen and oxygen atoms in total. The van der Waals surface area contributed by atoms with Gasteiger partial charge in [-0.2, -0.15) is 26.9 Å². The molecule has 3 aromatic rings. The molecule has 0 aliphatic rings. The number of rotatable bonds is 8. The third kappa shape index (κ3) is 7.31. The van der Waals surface area contributed by atoms with Gasteiger partial charge in [-0.25, -0.2) is 0 Å². The van der Waals surface area contributed by atoms with E-state index in [-0.39, 0.29) is 27.1 Å². The minimum absolute atomic E-state index is 0.0852. The zero-order valence-electron chi connectivity index (χ0n) is 20.7. The third-order valence-electron chi connectivity index (χ3n) is 5.06. The summed E-state index contributed by atoms with van der Waals surface area (Å²) in [5, 5.41) is 13.8. The number of halogens is 4. The Kier molecular flexibility index (Phi) is 9.08. The molecule has 0 spiro atoms. The molecule has 0 bridgehead atoms. The van der Waals surface area contributed by atoms with Crippen molar-refractivity contribution in [2.24, 2.45) is 0 Å². The van der Waals surface area contributed by atoms with E-state index in [1.54, 1.807) is 6.07 Å². The monoisotopic (exact) mass is 593 g/mol. The van der Waals surface area contributed by atoms with Crippen LogP contribution in [0.2, 0.25) is 5.02 Å². The Morgan fingerprint density at radius 3 is 2.27 bits per heavy atom. The standard InChI is InChI=1S/C26H19ClF3N3O6S/c1-15(34)32-18-7-9-19(10-8-18)40(36,37)39-24-21(27)12-16(13-23(24)38-2)11-17(14-31)25(35)33-22-6-4-3-5-20(22)26(28,29)30/h3-13H,1-2H3,(H,32,34)(H,33,35)/b17-11+. The van der Waals surface area contributed by atoms with E-state index in [0.717, 1.165) is 24.3 Å². The van der Waals surface area contributed by atoms with Gasteiger partial charge >= 0.3 is 16.3 Å². The van der Waals surface area contributed by atoms with Crippen molar-refractivity contribution in [3.63, 3.8) is 0 Å². The molecule has 0 aliphatic heterocycles. The molecule has 2 amide bonds. The SMILES string of the molecule is COc1cc(/C=C(\C#N)C(=O)Nc2ccccc2C(F)(F)F)cc(Cl)c1OS(=O)(=O)c1ccc(NC(C)=O)cc1. The van der Waals surface area contributed by atoms with Gasteiger partial charge < -0.3 is 19.6 Å². The van der Waals surface area contributed by atoms with Gasteiger partial charge in [0.05, 0.1) is 23.4 Å². The Morgan fingerprint density at radius 1 is 1.05 bits per heavy atom. The van der Waals surface area contributed by atoms with Crippen molar-refractivity contribution in [3.8, 4) is 17.6 Å². The number of amides is 2. The number of para-hydroxylation sites is 1. The normalized spacial score (nSPS) is 11.8. The molecule has 2 N–H and O–H groups in total. The summed E-state index contributed by atoms with van der Waals surface area (Å²) in [5.74, 6) is -2.05. The van der Waals surface area contributed by atoms with E-state index in [0.29, 0.717) is 5.69 Å². The number of benzene rings is 3. The number of hydrogen-bond donors (Lipinski definition) is 2. The Bertz CT molecular complexity index is 1630. The second-order valence-corrected chi connectivity index (χ2v) is 9.90. The van der Waals surface area contributed by atoms with Crippen molar-refractivity contribution in [1.82, 2.24) is 0 Å². The van der Waals surface area contributed by atoms with E-state index in [9.17, 15) is 36.4 Å². The molecule has 0 heterocycles. The van der Waals surface area contributed by atoms with Gasteiger partial charge in [0.25, 0.3) is 5.91 Å². The molecule has 0 saturated heterocycles. The highest BCUT2D eigenvalue weighted by Crippen LogP contribution is 2.39. The summed E-state index contributed by atoms with van der Waals surface area (Å²) in [7, 11) is -3.23. The number of anilines is 2. The molecule has 208 valence electrons. The molecule has 0 fully saturated rings. The largest absolute Gasteiger partial charge is 0.493 e. The van der Waals surface area contributed by atoms with Crippen LogP contribution in [0.3, 0.4) is 0 Å². The number of methoxy groups -OCH3 is 1. The lowest BCUT2D eigenvalue weighted by atomic mass is 10.1. The van der Waals surface area contributed by atoms with Crippen LogP contribution in [-0.2, 0) is 25.9 Å². The molecule has 0 atom stereocenters. The van der Waals surface area contributed by atoms with Gasteiger partial charge in [-0.3, -0.25) is 9.59 Å². The fourth-order valence-corrected chi connectivity index (χ4v) is 4.57. The molecule has 0 aromatic heterocycles. The maximum Gasteiger partial charge on any atom is 0.418 e. The summed E-state index contributed by atoms with van der Waals surface area (Å²) in [6.07, 6.45) is -3.72. The zero-order chi connectivity index (χ0) is 29.7. The molecular weight excluding hydrogens is 575 g/mol. The van der Waals surface area contributed by atoms with Gasteiger partial charge in [-0.15, -0.1) is 0 Å². The predicted molar refractivity (Wildman–Crippen MR) is 140 cm³/mol. The zero-order valence-corrected chi connectivity index (χ0v) is 22.2. The highest BCUT2D eigenvalue weighted by molar-refractivity contribution is 7.87. The Labute approximate surface area is 231 Å². The number of ether oxygens (including phenoxy) is 1. The highest BCUT2D eigenvalue weighted by Gasteiger charge is 2.33. The van der Waals surface area contributed by atoms with E-state index in [4.69, 9.17) is 20.5 Å². The quantitative estimate of drug-likeness (QED) is 0.196. The van der Waals surface area contributed by atoms with E-state index in [2.05, 4.69) is 10.6 Å². The maximum absolute atomic E-state index is 13.3. The second kappa shape index (κ2) is 12.1. The van der Waals surface area contributed by atoms with Crippen molar-refractivity contribution >= 4 is 51.0 Å². The van der Waals surface area contributed by atoms with Crippen LogP contribution >= 0.6 is 11.6 Å². The van der Waals surface area contributed by atoms with Crippen molar-refractivity contribution in [2.45, 2.75) is 18.0 Å². The van der Waals surface area contributed by atoms with Gasteiger partial charge in [0.15, 0.2) is 5.75 Å². The first-order valence-corrected chi connectivity index (χ1v) is 12.8. The van der Waals surface area contributed by atoms with E-state index >= 15 is 0 Å². The van der Waals surface area contributed by atoms with Crippen LogP contribution in [-0.4, -0.2) is 27.3 Å². The molecule has 0 aliphatic carbocycles. The van der Waals surface area contributed by atoms with Crippen molar-refractivity contribution in [2.75, 3.05) is 17.7 Å². The summed E-state index contributed by atoms with van der Waals surface area (Å²) >= 11 is 6.24. The summed E-state index contributed by atoms with van der Waals surface area (Å²) in [6.45, 7) is 1.29. The lowest BCUT2D eigenvalue weighted by Gasteiger charge is -2.14. The first-order chi connectivity index (χ1) is 18.7. The summed E-state index contributed by atoms with van der Waals surface area (Å²) in [5.41, 5.74) is -1.77. The van der Waals surface area contributed by atoms with E-state index in [1.165, 1.54) is 56.5 Å². The van der Waals surface area contributed by atoms with Gasteiger partial charge in [0.2, 0.25) is 11.7 Å². The summed E-state index contributed by atoms with van der Waals surface area (Å²) < 4.78 is 75.7. The molecule has 3 aromatic carbocycles. The fraction of sp³-hybridized carbons (Fsp3) is 0.115. The van der Waals surface area contributed by atoms with Gasteiger partial charge in [0.1, 0.15) is 16.5 Å². The number of alkyl halides is 3. The highest BCUT2D eigenvalue weighted by atomic mass is 35.5. The average molecular weight is 594 g/mol. The summed E-state index contributed by atoms with van der Waals surface area (Å²) in [4.78, 5) is 23.5. The van der Waals surface area contributed by atoms with Crippen LogP contribution in [0, 0.1) is 11.3 Å². The smallest absolute Gasteiger partial charge is 0.418 e. The molecule has 3 rings (SSSR count). The topological polar surface area (TPSA) is 135 Å².